The summed E-state index contributed by atoms with van der Waals surface area (Å²) in [6.45, 7) is 7.22. The van der Waals surface area contributed by atoms with Gasteiger partial charge in [0.25, 0.3) is 5.91 Å². The fourth-order valence-electron chi connectivity index (χ4n) is 3.68. The Morgan fingerprint density at radius 3 is 2.71 bits per heavy atom. The van der Waals surface area contributed by atoms with E-state index < -0.39 is 0 Å². The Bertz CT molecular complexity index is 946. The number of fused-ring (bicyclic) bond motifs is 1. The smallest absolute Gasteiger partial charge is 0.251 e. The zero-order chi connectivity index (χ0) is 19.3. The highest BCUT2D eigenvalue weighted by atomic mass is 16.5. The zero-order valence-electron chi connectivity index (χ0n) is 16.2. The topological polar surface area (TPSA) is 59.4 Å². The molecule has 3 aromatic rings. The van der Waals surface area contributed by atoms with Gasteiger partial charge < -0.3 is 10.1 Å². The maximum atomic E-state index is 12.5. The lowest BCUT2D eigenvalue weighted by atomic mass is 10.2. The van der Waals surface area contributed by atoms with E-state index in [1.54, 1.807) is 0 Å². The minimum atomic E-state index is -0.0456. The summed E-state index contributed by atoms with van der Waals surface area (Å²) in [5, 5.41) is 3.02. The first kappa shape index (κ1) is 18.7. The predicted molar refractivity (Wildman–Crippen MR) is 110 cm³/mol. The molecular weight excluding hydrogens is 352 g/mol. The zero-order valence-corrected chi connectivity index (χ0v) is 16.2. The van der Waals surface area contributed by atoms with Crippen molar-refractivity contribution in [2.24, 2.45) is 0 Å². The average Bonchev–Trinajstić information content (AvgIpc) is 3.07. The van der Waals surface area contributed by atoms with Crippen molar-refractivity contribution in [3.8, 4) is 5.69 Å². The molecule has 6 heteroatoms. The molecule has 146 valence electrons. The quantitative estimate of drug-likeness (QED) is 0.670. The van der Waals surface area contributed by atoms with Gasteiger partial charge in [-0.25, -0.2) is 4.98 Å². The minimum Gasteiger partial charge on any atom is -0.379 e. The molecule has 1 amide bonds. The van der Waals surface area contributed by atoms with E-state index in [0.29, 0.717) is 12.1 Å². The summed E-state index contributed by atoms with van der Waals surface area (Å²) >= 11 is 0. The molecule has 2 heterocycles. The number of aryl methyl sites for hydroxylation is 1. The van der Waals surface area contributed by atoms with Gasteiger partial charge in [0.05, 0.1) is 24.2 Å². The Morgan fingerprint density at radius 2 is 1.93 bits per heavy atom. The van der Waals surface area contributed by atoms with Gasteiger partial charge in [-0.2, -0.15) is 0 Å². The van der Waals surface area contributed by atoms with Gasteiger partial charge in [0.2, 0.25) is 0 Å². The van der Waals surface area contributed by atoms with Crippen molar-refractivity contribution in [1.82, 2.24) is 19.8 Å². The van der Waals surface area contributed by atoms with Crippen LogP contribution in [0.5, 0.6) is 0 Å². The van der Waals surface area contributed by atoms with Crippen molar-refractivity contribution in [3.63, 3.8) is 0 Å². The third-order valence-corrected chi connectivity index (χ3v) is 5.14. The molecule has 0 atom stereocenters. The van der Waals surface area contributed by atoms with Crippen LogP contribution in [0.1, 0.15) is 22.6 Å². The molecule has 1 aliphatic rings. The fourth-order valence-corrected chi connectivity index (χ4v) is 3.68. The van der Waals surface area contributed by atoms with Crippen LogP contribution in [0.4, 0.5) is 0 Å². The second-order valence-electron chi connectivity index (χ2n) is 7.10. The van der Waals surface area contributed by atoms with Crippen LogP contribution in [-0.2, 0) is 4.74 Å². The summed E-state index contributed by atoms with van der Waals surface area (Å²) in [6, 6.07) is 15.9. The number of benzene rings is 2. The first-order valence-corrected chi connectivity index (χ1v) is 9.85. The molecule has 0 bridgehead atoms. The molecule has 28 heavy (non-hydrogen) atoms. The van der Waals surface area contributed by atoms with Crippen LogP contribution in [0.15, 0.2) is 48.5 Å². The number of para-hydroxylation sites is 1. The molecule has 0 aliphatic carbocycles. The highest BCUT2D eigenvalue weighted by molar-refractivity contribution is 5.97. The molecule has 1 fully saturated rings. The largest absolute Gasteiger partial charge is 0.379 e. The number of carbonyl (C=O) groups is 1. The second-order valence-corrected chi connectivity index (χ2v) is 7.10. The first-order valence-electron chi connectivity index (χ1n) is 9.85. The highest BCUT2D eigenvalue weighted by Crippen LogP contribution is 2.22. The van der Waals surface area contributed by atoms with Crippen molar-refractivity contribution in [2.45, 2.75) is 13.3 Å². The molecule has 0 saturated carbocycles. The van der Waals surface area contributed by atoms with Gasteiger partial charge >= 0.3 is 0 Å². The van der Waals surface area contributed by atoms with Crippen LogP contribution in [0.25, 0.3) is 16.7 Å². The normalized spacial score (nSPS) is 15.0. The van der Waals surface area contributed by atoms with E-state index in [2.05, 4.69) is 31.9 Å². The summed E-state index contributed by atoms with van der Waals surface area (Å²) < 4.78 is 7.47. The number of ether oxygens (including phenoxy) is 1. The number of carbonyl (C=O) groups excluding carboxylic acids is 1. The second kappa shape index (κ2) is 8.54. The Balaban J connectivity index is 1.41. The van der Waals surface area contributed by atoms with E-state index in [4.69, 9.17) is 4.74 Å². The summed E-state index contributed by atoms with van der Waals surface area (Å²) in [7, 11) is 0. The number of hydrogen-bond acceptors (Lipinski definition) is 4. The lowest BCUT2D eigenvalue weighted by Crippen LogP contribution is -2.38. The Labute approximate surface area is 165 Å². The number of hydrogen-bond donors (Lipinski definition) is 1. The maximum absolute atomic E-state index is 12.5. The molecule has 1 N–H and O–H groups in total. The number of amides is 1. The van der Waals surface area contributed by atoms with E-state index in [9.17, 15) is 4.79 Å². The van der Waals surface area contributed by atoms with Crippen LogP contribution in [0.2, 0.25) is 0 Å². The molecule has 1 aliphatic heterocycles. The summed E-state index contributed by atoms with van der Waals surface area (Å²) in [5.41, 5.74) is 3.56. The number of rotatable bonds is 6. The highest BCUT2D eigenvalue weighted by Gasteiger charge is 2.13. The van der Waals surface area contributed by atoms with Gasteiger partial charge in [0.1, 0.15) is 5.82 Å². The summed E-state index contributed by atoms with van der Waals surface area (Å²) in [4.78, 5) is 19.6. The van der Waals surface area contributed by atoms with Gasteiger partial charge in [0.15, 0.2) is 0 Å². The Hall–Kier alpha value is -2.70. The van der Waals surface area contributed by atoms with Gasteiger partial charge in [-0.15, -0.1) is 0 Å². The van der Waals surface area contributed by atoms with Crippen LogP contribution in [0, 0.1) is 6.92 Å². The van der Waals surface area contributed by atoms with Gasteiger partial charge in [0, 0.05) is 30.9 Å². The average molecular weight is 378 g/mol. The third-order valence-electron chi connectivity index (χ3n) is 5.14. The van der Waals surface area contributed by atoms with E-state index >= 15 is 0 Å². The Morgan fingerprint density at radius 1 is 1.14 bits per heavy atom. The van der Waals surface area contributed by atoms with Crippen molar-refractivity contribution >= 4 is 16.9 Å². The number of aromatic nitrogens is 2. The van der Waals surface area contributed by atoms with Crippen LogP contribution in [0.3, 0.4) is 0 Å². The minimum absolute atomic E-state index is 0.0456. The molecule has 2 aromatic carbocycles. The standard InChI is InChI=1S/C22H26N4O2/c1-17-24-20-16-18(8-9-21(20)26(17)19-6-3-2-4-7-19)22(27)23-10-5-11-25-12-14-28-15-13-25/h2-4,6-9,16H,5,10-15H2,1H3,(H,23,27). The van der Waals surface area contributed by atoms with Gasteiger partial charge in [-0.3, -0.25) is 14.3 Å². The summed E-state index contributed by atoms with van der Waals surface area (Å²) in [6.07, 6.45) is 0.940. The number of morpholine rings is 1. The maximum Gasteiger partial charge on any atom is 0.251 e. The van der Waals surface area contributed by atoms with E-state index in [-0.39, 0.29) is 5.91 Å². The van der Waals surface area contributed by atoms with Crippen LogP contribution < -0.4 is 5.32 Å². The van der Waals surface area contributed by atoms with Crippen molar-refractivity contribution in [1.29, 1.82) is 0 Å². The monoisotopic (exact) mass is 378 g/mol. The fraction of sp³-hybridized carbons (Fsp3) is 0.364. The lowest BCUT2D eigenvalue weighted by molar-refractivity contribution is 0.0374. The van der Waals surface area contributed by atoms with Crippen LogP contribution in [-0.4, -0.2) is 59.8 Å². The lowest BCUT2D eigenvalue weighted by Gasteiger charge is -2.26. The van der Waals surface area contributed by atoms with Gasteiger partial charge in [-0.05, 0) is 50.2 Å². The van der Waals surface area contributed by atoms with Gasteiger partial charge in [-0.1, -0.05) is 18.2 Å². The summed E-state index contributed by atoms with van der Waals surface area (Å²) in [5.74, 6) is 0.861. The number of nitrogens with zero attached hydrogens (tertiary/aromatic N) is 3. The van der Waals surface area contributed by atoms with Crippen molar-refractivity contribution in [2.75, 3.05) is 39.4 Å². The number of nitrogens with one attached hydrogen (secondary N) is 1. The predicted octanol–water partition coefficient (Wildman–Crippen LogP) is 2.79. The van der Waals surface area contributed by atoms with E-state index in [1.165, 1.54) is 0 Å². The molecule has 0 radical (unpaired) electrons. The molecule has 1 saturated heterocycles. The number of imidazole rings is 1. The molecular formula is C22H26N4O2. The molecule has 6 nitrogen and oxygen atoms in total. The van der Waals surface area contributed by atoms with E-state index in [1.807, 2.05) is 43.3 Å². The van der Waals surface area contributed by atoms with Crippen molar-refractivity contribution in [3.05, 3.63) is 59.9 Å². The Kier molecular flexibility index (Phi) is 5.69. The third kappa shape index (κ3) is 4.08. The molecule has 1 aromatic heterocycles. The van der Waals surface area contributed by atoms with E-state index in [0.717, 1.165) is 61.8 Å². The van der Waals surface area contributed by atoms with Crippen molar-refractivity contribution < 1.29 is 9.53 Å². The molecule has 0 spiro atoms. The SMILES string of the molecule is Cc1nc2cc(C(=O)NCCCN3CCOCC3)ccc2n1-c1ccccc1. The molecule has 4 rings (SSSR count). The molecule has 0 unspecified atom stereocenters. The first-order chi connectivity index (χ1) is 13.7. The van der Waals surface area contributed by atoms with Crippen LogP contribution >= 0.6 is 0 Å².